The van der Waals surface area contributed by atoms with Crippen LogP contribution < -0.4 is 5.32 Å². The molecule has 5 nitrogen and oxygen atoms in total. The molecule has 1 aliphatic carbocycles. The van der Waals surface area contributed by atoms with E-state index in [4.69, 9.17) is 0 Å². The maximum Gasteiger partial charge on any atom is 0.132 e. The number of fused-ring (bicyclic) bond motifs is 1. The minimum Gasteiger partial charge on any atom is -0.369 e. The van der Waals surface area contributed by atoms with Gasteiger partial charge in [0.1, 0.15) is 12.1 Å². The first-order valence-electron chi connectivity index (χ1n) is 8.07. The van der Waals surface area contributed by atoms with E-state index in [1.165, 1.54) is 23.4 Å². The molecular weight excluding hydrogens is 286 g/mol. The highest BCUT2D eigenvalue weighted by Crippen LogP contribution is 2.24. The van der Waals surface area contributed by atoms with Crippen molar-refractivity contribution >= 4 is 5.82 Å². The molecule has 1 aliphatic rings. The molecule has 1 aromatic carbocycles. The molecule has 23 heavy (non-hydrogen) atoms. The van der Waals surface area contributed by atoms with Crippen LogP contribution in [0.15, 0.2) is 48.9 Å². The minimum absolute atomic E-state index is 0.835. The number of para-hydroxylation sites is 1. The van der Waals surface area contributed by atoms with Crippen LogP contribution in [0.4, 0.5) is 5.82 Å². The number of hydrogen-bond acceptors (Lipinski definition) is 4. The van der Waals surface area contributed by atoms with Crippen LogP contribution in [0.25, 0.3) is 5.69 Å². The van der Waals surface area contributed by atoms with Gasteiger partial charge in [0.25, 0.3) is 0 Å². The van der Waals surface area contributed by atoms with E-state index < -0.39 is 0 Å². The lowest BCUT2D eigenvalue weighted by Crippen LogP contribution is -2.12. The summed E-state index contributed by atoms with van der Waals surface area (Å²) in [6.45, 7) is 0.835. The highest BCUT2D eigenvalue weighted by atomic mass is 15.3. The van der Waals surface area contributed by atoms with Gasteiger partial charge in [0, 0.05) is 36.1 Å². The summed E-state index contributed by atoms with van der Waals surface area (Å²) in [6.07, 6.45) is 7.76. The van der Waals surface area contributed by atoms with E-state index in [0.29, 0.717) is 0 Å². The van der Waals surface area contributed by atoms with E-state index >= 15 is 0 Å². The Labute approximate surface area is 135 Å². The number of hydrogen-bond donors (Lipinski definition) is 1. The maximum absolute atomic E-state index is 4.43. The van der Waals surface area contributed by atoms with Gasteiger partial charge in [0.05, 0.1) is 5.69 Å². The smallest absolute Gasteiger partial charge is 0.132 e. The molecule has 0 fully saturated rings. The van der Waals surface area contributed by atoms with Gasteiger partial charge < -0.3 is 5.32 Å². The number of aryl methyl sites for hydroxylation is 1. The topological polar surface area (TPSA) is 55.6 Å². The first kappa shape index (κ1) is 13.9. The fourth-order valence-electron chi connectivity index (χ4n) is 3.14. The van der Waals surface area contributed by atoms with Gasteiger partial charge in [0.2, 0.25) is 0 Å². The lowest BCUT2D eigenvalue weighted by atomic mass is 10.2. The molecule has 1 N–H and O–H groups in total. The van der Waals surface area contributed by atoms with Crippen molar-refractivity contribution in [2.45, 2.75) is 25.7 Å². The molecule has 0 aliphatic heterocycles. The third kappa shape index (κ3) is 2.82. The fraction of sp³-hybridized carbons (Fsp3) is 0.278. The van der Waals surface area contributed by atoms with E-state index in [-0.39, 0.29) is 0 Å². The van der Waals surface area contributed by atoms with Gasteiger partial charge in [-0.25, -0.2) is 14.6 Å². The molecule has 116 valence electrons. The molecule has 0 unspecified atom stereocenters. The Hall–Kier alpha value is -2.69. The molecule has 0 saturated heterocycles. The summed E-state index contributed by atoms with van der Waals surface area (Å²) in [5.74, 6) is 0.998. The van der Waals surface area contributed by atoms with Gasteiger partial charge in [-0.05, 0) is 37.5 Å². The lowest BCUT2D eigenvalue weighted by Gasteiger charge is -2.11. The lowest BCUT2D eigenvalue weighted by molar-refractivity contribution is 0.799. The normalized spacial score (nSPS) is 13.0. The number of aromatic nitrogens is 4. The predicted molar refractivity (Wildman–Crippen MR) is 89.8 cm³/mol. The van der Waals surface area contributed by atoms with Crippen LogP contribution in [-0.2, 0) is 19.3 Å². The fourth-order valence-corrected chi connectivity index (χ4v) is 3.14. The first-order valence-corrected chi connectivity index (χ1v) is 8.07. The Kier molecular flexibility index (Phi) is 3.76. The summed E-state index contributed by atoms with van der Waals surface area (Å²) in [4.78, 5) is 8.77. The van der Waals surface area contributed by atoms with Gasteiger partial charge in [-0.1, -0.05) is 18.2 Å². The summed E-state index contributed by atoms with van der Waals surface area (Å²) < 4.78 is 1.99. The second kappa shape index (κ2) is 6.20. The van der Waals surface area contributed by atoms with Crippen LogP contribution in [0.1, 0.15) is 23.4 Å². The molecule has 0 bridgehead atoms. The van der Waals surface area contributed by atoms with Crippen molar-refractivity contribution in [2.75, 3.05) is 11.9 Å². The van der Waals surface area contributed by atoms with E-state index in [0.717, 1.165) is 37.3 Å². The summed E-state index contributed by atoms with van der Waals surface area (Å²) >= 11 is 0. The standard InChI is InChI=1S/C18H19N5/c1-2-5-14(6-3-1)23-15(10-12-22-23)9-11-19-18-16-7-4-8-17(16)20-13-21-18/h1-3,5-6,10,12-13H,4,7-9,11H2,(H,19,20,21). The van der Waals surface area contributed by atoms with Crippen molar-refractivity contribution in [3.63, 3.8) is 0 Å². The summed E-state index contributed by atoms with van der Waals surface area (Å²) in [6, 6.07) is 12.3. The van der Waals surface area contributed by atoms with Crippen molar-refractivity contribution in [3.8, 4) is 5.69 Å². The number of nitrogens with zero attached hydrogens (tertiary/aromatic N) is 4. The zero-order valence-corrected chi connectivity index (χ0v) is 12.9. The second-order valence-electron chi connectivity index (χ2n) is 5.75. The zero-order chi connectivity index (χ0) is 15.5. The largest absolute Gasteiger partial charge is 0.369 e. The summed E-state index contributed by atoms with van der Waals surface area (Å²) in [5, 5.41) is 7.90. The van der Waals surface area contributed by atoms with E-state index in [2.05, 4.69) is 38.6 Å². The van der Waals surface area contributed by atoms with Crippen LogP contribution in [0, 0.1) is 0 Å². The molecule has 5 heteroatoms. The van der Waals surface area contributed by atoms with Crippen molar-refractivity contribution < 1.29 is 0 Å². The average Bonchev–Trinajstić information content (AvgIpc) is 3.25. The zero-order valence-electron chi connectivity index (χ0n) is 12.9. The van der Waals surface area contributed by atoms with Gasteiger partial charge in [-0.15, -0.1) is 0 Å². The minimum atomic E-state index is 0.835. The highest BCUT2D eigenvalue weighted by molar-refractivity contribution is 5.48. The van der Waals surface area contributed by atoms with Gasteiger partial charge in [-0.2, -0.15) is 5.10 Å². The Morgan fingerprint density at radius 1 is 1.04 bits per heavy atom. The summed E-state index contributed by atoms with van der Waals surface area (Å²) in [5.41, 5.74) is 4.78. The van der Waals surface area contributed by atoms with Crippen LogP contribution >= 0.6 is 0 Å². The van der Waals surface area contributed by atoms with Crippen LogP contribution in [-0.4, -0.2) is 26.3 Å². The van der Waals surface area contributed by atoms with E-state index in [9.17, 15) is 0 Å². The monoisotopic (exact) mass is 305 g/mol. The Balaban J connectivity index is 1.45. The maximum atomic E-state index is 4.43. The van der Waals surface area contributed by atoms with E-state index in [1.54, 1.807) is 6.33 Å². The van der Waals surface area contributed by atoms with Crippen LogP contribution in [0.3, 0.4) is 0 Å². The quantitative estimate of drug-likeness (QED) is 0.787. The number of benzene rings is 1. The molecule has 4 rings (SSSR count). The van der Waals surface area contributed by atoms with Crippen molar-refractivity contribution in [2.24, 2.45) is 0 Å². The van der Waals surface area contributed by atoms with Crippen molar-refractivity contribution in [1.29, 1.82) is 0 Å². The molecule has 2 aromatic heterocycles. The Bertz CT molecular complexity index is 794. The van der Waals surface area contributed by atoms with Gasteiger partial charge in [0.15, 0.2) is 0 Å². The second-order valence-corrected chi connectivity index (χ2v) is 5.75. The molecule has 0 saturated carbocycles. The molecule has 2 heterocycles. The van der Waals surface area contributed by atoms with E-state index in [1.807, 2.05) is 29.1 Å². The third-order valence-electron chi connectivity index (χ3n) is 4.27. The first-order chi connectivity index (χ1) is 11.4. The average molecular weight is 305 g/mol. The predicted octanol–water partition coefficient (Wildman–Crippen LogP) is 2.81. The Morgan fingerprint density at radius 2 is 1.96 bits per heavy atom. The third-order valence-corrected chi connectivity index (χ3v) is 4.27. The van der Waals surface area contributed by atoms with Crippen molar-refractivity contribution in [1.82, 2.24) is 19.7 Å². The van der Waals surface area contributed by atoms with Crippen LogP contribution in [0.5, 0.6) is 0 Å². The highest BCUT2D eigenvalue weighted by Gasteiger charge is 2.16. The number of nitrogens with one attached hydrogen (secondary N) is 1. The van der Waals surface area contributed by atoms with Gasteiger partial charge >= 0.3 is 0 Å². The Morgan fingerprint density at radius 3 is 2.87 bits per heavy atom. The number of rotatable bonds is 5. The summed E-state index contributed by atoms with van der Waals surface area (Å²) in [7, 11) is 0. The molecule has 0 spiro atoms. The van der Waals surface area contributed by atoms with Crippen LogP contribution in [0.2, 0.25) is 0 Å². The number of anilines is 1. The molecular formula is C18H19N5. The molecule has 3 aromatic rings. The van der Waals surface area contributed by atoms with Gasteiger partial charge in [-0.3, -0.25) is 0 Å². The molecule has 0 amide bonds. The molecule has 0 atom stereocenters. The molecule has 0 radical (unpaired) electrons. The van der Waals surface area contributed by atoms with Crippen molar-refractivity contribution in [3.05, 3.63) is 65.9 Å². The SMILES string of the molecule is c1ccc(-n2nccc2CCNc2ncnc3c2CCC3)cc1.